The fourth-order valence-electron chi connectivity index (χ4n) is 1.08. The number of aliphatic hydroxyl groups is 1. The maximum absolute atomic E-state index is 9.66. The molecule has 0 aliphatic heterocycles. The second kappa shape index (κ2) is 4.53. The van der Waals surface area contributed by atoms with E-state index in [-0.39, 0.29) is 5.28 Å². The summed E-state index contributed by atoms with van der Waals surface area (Å²) in [5.41, 5.74) is 0.720. The van der Waals surface area contributed by atoms with Crippen molar-refractivity contribution in [3.63, 3.8) is 0 Å². The summed E-state index contributed by atoms with van der Waals surface area (Å²) in [4.78, 5) is 7.60. The van der Waals surface area contributed by atoms with Gasteiger partial charge in [-0.05, 0) is 23.9 Å². The molecule has 0 radical (unpaired) electrons. The zero-order valence-electron chi connectivity index (χ0n) is 7.74. The van der Waals surface area contributed by atoms with Crippen molar-refractivity contribution in [1.29, 1.82) is 0 Å². The lowest BCUT2D eigenvalue weighted by molar-refractivity contribution is 0.150. The van der Waals surface area contributed by atoms with Crippen LogP contribution in [0.25, 0.3) is 0 Å². The van der Waals surface area contributed by atoms with E-state index in [1.807, 2.05) is 0 Å². The fraction of sp³-hybridized carbons (Fsp3) is 0.556. The van der Waals surface area contributed by atoms with Gasteiger partial charge < -0.3 is 5.11 Å². The minimum absolute atomic E-state index is 0.209. The van der Waals surface area contributed by atoms with Gasteiger partial charge in [0.1, 0.15) is 0 Å². The van der Waals surface area contributed by atoms with E-state index in [1.165, 1.54) is 0 Å². The first-order valence-electron chi connectivity index (χ1n) is 4.25. The molecule has 1 N–H and O–H groups in total. The van der Waals surface area contributed by atoms with Crippen molar-refractivity contribution in [2.24, 2.45) is 5.92 Å². The second-order valence-corrected chi connectivity index (χ2v) is 3.77. The molecule has 0 saturated heterocycles. The van der Waals surface area contributed by atoms with Crippen molar-refractivity contribution in [3.8, 4) is 0 Å². The first-order chi connectivity index (χ1) is 6.09. The van der Waals surface area contributed by atoms with Crippen LogP contribution in [0.4, 0.5) is 0 Å². The Morgan fingerprint density at radius 3 is 2.38 bits per heavy atom. The number of hydrogen-bond acceptors (Lipinski definition) is 3. The predicted octanol–water partition coefficient (Wildman–Crippen LogP) is 2.21. The fourth-order valence-corrected chi connectivity index (χ4v) is 1.17. The third-order valence-electron chi connectivity index (χ3n) is 1.72. The Labute approximate surface area is 82.8 Å². The zero-order valence-corrected chi connectivity index (χ0v) is 8.49. The summed E-state index contributed by atoms with van der Waals surface area (Å²) in [7, 11) is 0. The van der Waals surface area contributed by atoms with Gasteiger partial charge in [0.25, 0.3) is 0 Å². The van der Waals surface area contributed by atoms with Crippen molar-refractivity contribution in [1.82, 2.24) is 9.97 Å². The van der Waals surface area contributed by atoms with Gasteiger partial charge in [0.05, 0.1) is 6.10 Å². The van der Waals surface area contributed by atoms with E-state index in [9.17, 15) is 5.11 Å². The van der Waals surface area contributed by atoms with Crippen LogP contribution in [-0.4, -0.2) is 15.1 Å². The van der Waals surface area contributed by atoms with Crippen LogP contribution < -0.4 is 0 Å². The molecule has 0 spiro atoms. The molecule has 1 aromatic rings. The molecule has 72 valence electrons. The molecule has 0 bridgehead atoms. The highest BCUT2D eigenvalue weighted by atomic mass is 35.5. The van der Waals surface area contributed by atoms with Crippen LogP contribution in [0.3, 0.4) is 0 Å². The molecule has 0 aliphatic carbocycles. The van der Waals surface area contributed by atoms with E-state index in [0.717, 1.165) is 5.56 Å². The Kier molecular flexibility index (Phi) is 3.63. The highest BCUT2D eigenvalue weighted by Crippen LogP contribution is 2.19. The lowest BCUT2D eigenvalue weighted by Crippen LogP contribution is -2.02. The van der Waals surface area contributed by atoms with Gasteiger partial charge in [0, 0.05) is 18.0 Å². The number of halogens is 1. The summed E-state index contributed by atoms with van der Waals surface area (Å²) in [6.07, 6.45) is 3.34. The van der Waals surface area contributed by atoms with E-state index in [0.29, 0.717) is 12.3 Å². The summed E-state index contributed by atoms with van der Waals surface area (Å²) in [5.74, 6) is 0.450. The van der Waals surface area contributed by atoms with Crippen LogP contribution in [0.5, 0.6) is 0 Å². The molecule has 13 heavy (non-hydrogen) atoms. The van der Waals surface area contributed by atoms with Crippen LogP contribution in [0.1, 0.15) is 31.9 Å². The zero-order chi connectivity index (χ0) is 9.84. The first-order valence-corrected chi connectivity index (χ1v) is 4.63. The molecular formula is C9H13ClN2O. The molecular weight excluding hydrogens is 188 g/mol. The van der Waals surface area contributed by atoms with Crippen molar-refractivity contribution < 1.29 is 5.11 Å². The molecule has 4 heteroatoms. The predicted molar refractivity (Wildman–Crippen MR) is 51.5 cm³/mol. The molecule has 0 unspecified atom stereocenters. The maximum atomic E-state index is 9.66. The van der Waals surface area contributed by atoms with Gasteiger partial charge in [-0.25, -0.2) is 9.97 Å². The maximum Gasteiger partial charge on any atom is 0.222 e. The summed E-state index contributed by atoms with van der Waals surface area (Å²) in [6, 6.07) is 0. The topological polar surface area (TPSA) is 46.0 Å². The summed E-state index contributed by atoms with van der Waals surface area (Å²) < 4.78 is 0. The smallest absolute Gasteiger partial charge is 0.222 e. The van der Waals surface area contributed by atoms with Crippen molar-refractivity contribution >= 4 is 11.6 Å². The monoisotopic (exact) mass is 200 g/mol. The molecule has 1 rings (SSSR count). The number of nitrogens with zero attached hydrogens (tertiary/aromatic N) is 2. The molecule has 0 amide bonds. The van der Waals surface area contributed by atoms with Gasteiger partial charge in [-0.15, -0.1) is 0 Å². The van der Waals surface area contributed by atoms with Crippen molar-refractivity contribution in [3.05, 3.63) is 23.2 Å². The Balaban J connectivity index is 2.66. The van der Waals surface area contributed by atoms with Gasteiger partial charge in [0.15, 0.2) is 0 Å². The minimum Gasteiger partial charge on any atom is -0.388 e. The molecule has 0 aliphatic rings. The summed E-state index contributed by atoms with van der Waals surface area (Å²) >= 11 is 5.52. The number of rotatable bonds is 3. The number of aliphatic hydroxyl groups excluding tert-OH is 1. The van der Waals surface area contributed by atoms with E-state index in [2.05, 4.69) is 23.8 Å². The van der Waals surface area contributed by atoms with E-state index >= 15 is 0 Å². The van der Waals surface area contributed by atoms with E-state index < -0.39 is 6.10 Å². The standard InChI is InChI=1S/C9H13ClN2O/c1-6(2)3-8(13)7-4-11-9(10)12-5-7/h4-6,8,13H,3H2,1-2H3/t8-/m1/s1. The number of aromatic nitrogens is 2. The van der Waals surface area contributed by atoms with Crippen molar-refractivity contribution in [2.75, 3.05) is 0 Å². The SMILES string of the molecule is CC(C)C[C@@H](O)c1cnc(Cl)nc1. The highest BCUT2D eigenvalue weighted by Gasteiger charge is 2.10. The first kappa shape index (κ1) is 10.4. The number of hydrogen-bond donors (Lipinski definition) is 1. The second-order valence-electron chi connectivity index (χ2n) is 3.43. The summed E-state index contributed by atoms with van der Waals surface area (Å²) in [6.45, 7) is 4.11. The molecule has 0 fully saturated rings. The average Bonchev–Trinajstić information content (AvgIpc) is 2.04. The quantitative estimate of drug-likeness (QED) is 0.761. The van der Waals surface area contributed by atoms with Crippen molar-refractivity contribution in [2.45, 2.75) is 26.4 Å². The van der Waals surface area contributed by atoms with Gasteiger partial charge >= 0.3 is 0 Å². The Morgan fingerprint density at radius 1 is 1.38 bits per heavy atom. The Hall–Kier alpha value is -0.670. The summed E-state index contributed by atoms with van der Waals surface area (Å²) in [5, 5.41) is 9.87. The molecule has 1 aromatic heterocycles. The van der Waals surface area contributed by atoms with Gasteiger partial charge in [-0.3, -0.25) is 0 Å². The van der Waals surface area contributed by atoms with Crippen LogP contribution in [0, 0.1) is 5.92 Å². The normalized spacial score (nSPS) is 13.3. The van der Waals surface area contributed by atoms with E-state index in [1.54, 1.807) is 12.4 Å². The van der Waals surface area contributed by atoms with Gasteiger partial charge in [0.2, 0.25) is 5.28 Å². The van der Waals surface area contributed by atoms with Gasteiger partial charge in [-0.1, -0.05) is 13.8 Å². The minimum atomic E-state index is -0.489. The average molecular weight is 201 g/mol. The lowest BCUT2D eigenvalue weighted by Gasteiger charge is -2.11. The molecule has 0 saturated carbocycles. The van der Waals surface area contributed by atoms with Crippen LogP contribution >= 0.6 is 11.6 Å². The molecule has 3 nitrogen and oxygen atoms in total. The van der Waals surface area contributed by atoms with Crippen LogP contribution in [0.2, 0.25) is 5.28 Å². The molecule has 1 heterocycles. The van der Waals surface area contributed by atoms with E-state index in [4.69, 9.17) is 11.6 Å². The highest BCUT2D eigenvalue weighted by molar-refractivity contribution is 6.28. The molecule has 1 atom stereocenters. The van der Waals surface area contributed by atoms with Gasteiger partial charge in [-0.2, -0.15) is 0 Å². The Bertz CT molecular complexity index is 261. The Morgan fingerprint density at radius 2 is 1.92 bits per heavy atom. The third-order valence-corrected chi connectivity index (χ3v) is 1.91. The van der Waals surface area contributed by atoms with Crippen LogP contribution in [-0.2, 0) is 0 Å². The molecule has 0 aromatic carbocycles. The third kappa shape index (κ3) is 3.28. The lowest BCUT2D eigenvalue weighted by atomic mass is 10.0. The largest absolute Gasteiger partial charge is 0.388 e. The van der Waals surface area contributed by atoms with Crippen LogP contribution in [0.15, 0.2) is 12.4 Å².